The first-order chi connectivity index (χ1) is 7.89. The monoisotopic (exact) mass is 233 g/mol. The molecule has 4 heteroatoms. The Morgan fingerprint density at radius 3 is 2.65 bits per heavy atom. The molecule has 0 atom stereocenters. The number of phenols is 1. The lowest BCUT2D eigenvalue weighted by molar-refractivity contribution is -0.144. The number of esters is 1. The summed E-state index contributed by atoms with van der Waals surface area (Å²) in [6.45, 7) is 12.3. The van der Waals surface area contributed by atoms with Gasteiger partial charge in [-0.15, -0.1) is 0 Å². The van der Waals surface area contributed by atoms with Crippen LogP contribution in [0.2, 0.25) is 0 Å². The Kier molecular flexibility index (Phi) is 3.74. The summed E-state index contributed by atoms with van der Waals surface area (Å²) in [6.07, 6.45) is 0.653. The first-order valence-electron chi connectivity index (χ1n) is 5.33. The van der Waals surface area contributed by atoms with Gasteiger partial charge < -0.3 is 9.84 Å². The summed E-state index contributed by atoms with van der Waals surface area (Å²) in [5.74, 6) is -0.264. The van der Waals surface area contributed by atoms with Crippen molar-refractivity contribution in [3.63, 3.8) is 0 Å². The molecule has 0 aliphatic heterocycles. The number of phenolic OH excluding ortho intramolecular Hbond substituents is 1. The minimum Gasteiger partial charge on any atom is -0.509 e. The van der Waals surface area contributed by atoms with Crippen LogP contribution in [0.3, 0.4) is 0 Å². The zero-order valence-corrected chi connectivity index (χ0v) is 10.2. The van der Waals surface area contributed by atoms with Crippen LogP contribution in [-0.4, -0.2) is 11.1 Å². The molecule has 1 rings (SSSR count). The summed E-state index contributed by atoms with van der Waals surface area (Å²) in [5.41, 5.74) is -0.342. The van der Waals surface area contributed by atoms with Crippen LogP contribution in [-0.2, 0) is 4.79 Å². The highest BCUT2D eigenvalue weighted by Crippen LogP contribution is 2.29. The Morgan fingerprint density at radius 1 is 1.47 bits per heavy atom. The molecule has 0 radical (unpaired) electrons. The SMILES string of the molecule is [C-]#[N+]c1cc(O)cc(OC(=O)C(C)(C)CC)c1. The second kappa shape index (κ2) is 4.88. The van der Waals surface area contributed by atoms with E-state index in [1.807, 2.05) is 6.92 Å². The predicted molar refractivity (Wildman–Crippen MR) is 64.1 cm³/mol. The van der Waals surface area contributed by atoms with Crippen molar-refractivity contribution >= 4 is 11.7 Å². The number of benzene rings is 1. The molecule has 90 valence electrons. The molecular formula is C13H15NO3. The minimum absolute atomic E-state index is 0.0874. The van der Waals surface area contributed by atoms with E-state index in [-0.39, 0.29) is 23.2 Å². The smallest absolute Gasteiger partial charge is 0.316 e. The van der Waals surface area contributed by atoms with Gasteiger partial charge >= 0.3 is 5.97 Å². The van der Waals surface area contributed by atoms with Crippen LogP contribution in [0.4, 0.5) is 5.69 Å². The van der Waals surface area contributed by atoms with Crippen molar-refractivity contribution in [3.05, 3.63) is 29.6 Å². The Balaban J connectivity index is 2.93. The van der Waals surface area contributed by atoms with Crippen molar-refractivity contribution in [2.75, 3.05) is 0 Å². The molecule has 0 amide bonds. The van der Waals surface area contributed by atoms with Crippen LogP contribution < -0.4 is 4.74 Å². The topological polar surface area (TPSA) is 50.9 Å². The van der Waals surface area contributed by atoms with Gasteiger partial charge in [0.25, 0.3) is 0 Å². The van der Waals surface area contributed by atoms with Crippen LogP contribution in [0.25, 0.3) is 4.85 Å². The van der Waals surface area contributed by atoms with Crippen molar-refractivity contribution < 1.29 is 14.6 Å². The first-order valence-corrected chi connectivity index (χ1v) is 5.33. The lowest BCUT2D eigenvalue weighted by Gasteiger charge is -2.20. The summed E-state index contributed by atoms with van der Waals surface area (Å²) < 4.78 is 5.15. The van der Waals surface area contributed by atoms with Gasteiger partial charge in [-0.25, -0.2) is 4.85 Å². The average Bonchev–Trinajstić information content (AvgIpc) is 2.28. The highest BCUT2D eigenvalue weighted by atomic mass is 16.5. The molecule has 0 bridgehead atoms. The number of carbonyl (C=O) groups excluding carboxylic acids is 1. The summed E-state index contributed by atoms with van der Waals surface area (Å²) in [5, 5.41) is 9.36. The van der Waals surface area contributed by atoms with Crippen molar-refractivity contribution in [1.82, 2.24) is 0 Å². The summed E-state index contributed by atoms with van der Waals surface area (Å²) in [6, 6.07) is 4.06. The predicted octanol–water partition coefficient (Wildman–Crippen LogP) is 3.28. The normalized spacial score (nSPS) is 10.7. The van der Waals surface area contributed by atoms with Gasteiger partial charge in [0.15, 0.2) is 5.69 Å². The van der Waals surface area contributed by atoms with Crippen LogP contribution in [0.15, 0.2) is 18.2 Å². The van der Waals surface area contributed by atoms with E-state index < -0.39 is 5.41 Å². The summed E-state index contributed by atoms with van der Waals surface area (Å²) in [7, 11) is 0. The zero-order valence-electron chi connectivity index (χ0n) is 10.2. The largest absolute Gasteiger partial charge is 0.509 e. The number of nitrogens with zero attached hydrogens (tertiary/aromatic N) is 1. The van der Waals surface area contributed by atoms with Gasteiger partial charge in [-0.2, -0.15) is 0 Å². The average molecular weight is 233 g/mol. The molecule has 0 aliphatic rings. The minimum atomic E-state index is -0.580. The lowest BCUT2D eigenvalue weighted by Crippen LogP contribution is -2.28. The molecule has 0 aliphatic carbocycles. The lowest BCUT2D eigenvalue weighted by atomic mass is 9.91. The van der Waals surface area contributed by atoms with E-state index in [4.69, 9.17) is 11.3 Å². The fraction of sp³-hybridized carbons (Fsp3) is 0.385. The van der Waals surface area contributed by atoms with Gasteiger partial charge in [-0.3, -0.25) is 4.79 Å². The highest BCUT2D eigenvalue weighted by molar-refractivity contribution is 5.78. The summed E-state index contributed by atoms with van der Waals surface area (Å²) in [4.78, 5) is 15.0. The van der Waals surface area contributed by atoms with E-state index in [2.05, 4.69) is 4.85 Å². The van der Waals surface area contributed by atoms with Crippen LogP contribution in [0.5, 0.6) is 11.5 Å². The van der Waals surface area contributed by atoms with Crippen LogP contribution >= 0.6 is 0 Å². The highest BCUT2D eigenvalue weighted by Gasteiger charge is 2.27. The Labute approximate surface area is 101 Å². The van der Waals surface area contributed by atoms with Crippen molar-refractivity contribution in [1.29, 1.82) is 0 Å². The first kappa shape index (κ1) is 13.0. The third-order valence-electron chi connectivity index (χ3n) is 2.65. The standard InChI is InChI=1S/C13H15NO3/c1-5-13(2,3)12(16)17-11-7-9(14-4)6-10(15)8-11/h6-8,15H,5H2,1-3H3. The van der Waals surface area contributed by atoms with E-state index >= 15 is 0 Å². The van der Waals surface area contributed by atoms with Crippen molar-refractivity contribution in [2.45, 2.75) is 27.2 Å². The van der Waals surface area contributed by atoms with E-state index in [9.17, 15) is 9.90 Å². The van der Waals surface area contributed by atoms with Crippen LogP contribution in [0, 0.1) is 12.0 Å². The molecule has 0 unspecified atom stereocenters. The van der Waals surface area contributed by atoms with Crippen LogP contribution in [0.1, 0.15) is 27.2 Å². The maximum atomic E-state index is 11.8. The molecule has 1 aromatic carbocycles. The van der Waals surface area contributed by atoms with Gasteiger partial charge in [0, 0.05) is 6.07 Å². The van der Waals surface area contributed by atoms with Crippen molar-refractivity contribution in [3.8, 4) is 11.5 Å². The molecule has 0 aromatic heterocycles. The molecule has 0 saturated carbocycles. The third-order valence-corrected chi connectivity index (χ3v) is 2.65. The number of aromatic hydroxyl groups is 1. The molecule has 4 nitrogen and oxygen atoms in total. The molecule has 17 heavy (non-hydrogen) atoms. The van der Waals surface area contributed by atoms with E-state index in [1.54, 1.807) is 13.8 Å². The van der Waals surface area contributed by atoms with E-state index in [1.165, 1.54) is 18.2 Å². The molecule has 1 N–H and O–H groups in total. The molecule has 0 fully saturated rings. The second-order valence-corrected chi connectivity index (χ2v) is 4.42. The Hall–Kier alpha value is -2.02. The zero-order chi connectivity index (χ0) is 13.1. The van der Waals surface area contributed by atoms with E-state index in [0.29, 0.717) is 6.42 Å². The van der Waals surface area contributed by atoms with Gasteiger partial charge in [0.05, 0.1) is 12.0 Å². The van der Waals surface area contributed by atoms with E-state index in [0.717, 1.165) is 0 Å². The Morgan fingerprint density at radius 2 is 2.12 bits per heavy atom. The van der Waals surface area contributed by atoms with Gasteiger partial charge in [0.2, 0.25) is 0 Å². The molecule has 0 heterocycles. The number of rotatable bonds is 3. The van der Waals surface area contributed by atoms with Gasteiger partial charge in [0.1, 0.15) is 11.5 Å². The molecule has 1 aromatic rings. The number of hydrogen-bond donors (Lipinski definition) is 1. The fourth-order valence-corrected chi connectivity index (χ4v) is 1.08. The number of carbonyl (C=O) groups is 1. The Bertz CT molecular complexity index is 472. The molecular weight excluding hydrogens is 218 g/mol. The maximum Gasteiger partial charge on any atom is 0.316 e. The van der Waals surface area contributed by atoms with Gasteiger partial charge in [-0.1, -0.05) is 6.92 Å². The summed E-state index contributed by atoms with van der Waals surface area (Å²) >= 11 is 0. The third kappa shape index (κ3) is 3.22. The van der Waals surface area contributed by atoms with Crippen molar-refractivity contribution in [2.24, 2.45) is 5.41 Å². The number of hydrogen-bond acceptors (Lipinski definition) is 3. The molecule has 0 saturated heterocycles. The maximum absolute atomic E-state index is 11.8. The second-order valence-electron chi connectivity index (χ2n) is 4.42. The number of ether oxygens (including phenoxy) is 1. The quantitative estimate of drug-likeness (QED) is 0.495. The van der Waals surface area contributed by atoms with Gasteiger partial charge in [-0.05, 0) is 32.4 Å². The molecule has 0 spiro atoms. The fourth-order valence-electron chi connectivity index (χ4n) is 1.08.